The first-order chi connectivity index (χ1) is 5.57. The highest BCUT2D eigenvalue weighted by atomic mass is 16.3. The quantitative estimate of drug-likeness (QED) is 0.649. The van der Waals surface area contributed by atoms with Gasteiger partial charge in [-0.15, -0.1) is 0 Å². The van der Waals surface area contributed by atoms with Crippen LogP contribution in [0.2, 0.25) is 0 Å². The molecular weight excluding hydrogens is 156 g/mol. The third kappa shape index (κ3) is 4.96. The molecule has 0 radical (unpaired) electrons. The van der Waals surface area contributed by atoms with Crippen LogP contribution in [0.4, 0.5) is 4.79 Å². The summed E-state index contributed by atoms with van der Waals surface area (Å²) in [4.78, 5) is 12.4. The van der Waals surface area contributed by atoms with Crippen molar-refractivity contribution in [1.82, 2.24) is 10.2 Å². The van der Waals surface area contributed by atoms with Crippen LogP contribution in [0.1, 0.15) is 19.8 Å². The Balaban J connectivity index is 3.37. The third-order valence-electron chi connectivity index (χ3n) is 1.63. The summed E-state index contributed by atoms with van der Waals surface area (Å²) in [5, 5.41) is 11.8. The van der Waals surface area contributed by atoms with Gasteiger partial charge in [0.15, 0.2) is 0 Å². The van der Waals surface area contributed by atoms with Crippen molar-refractivity contribution < 1.29 is 9.90 Å². The first kappa shape index (κ1) is 11.2. The second-order valence-corrected chi connectivity index (χ2v) is 2.98. The molecule has 2 N–H and O–H groups in total. The Hall–Kier alpha value is -0.770. The van der Waals surface area contributed by atoms with Gasteiger partial charge in [-0.2, -0.15) is 0 Å². The molecule has 2 amide bonds. The van der Waals surface area contributed by atoms with Gasteiger partial charge in [-0.3, -0.25) is 0 Å². The number of aliphatic hydroxyl groups excluding tert-OH is 1. The molecule has 0 spiro atoms. The Bertz CT molecular complexity index is 137. The third-order valence-corrected chi connectivity index (χ3v) is 1.63. The summed E-state index contributed by atoms with van der Waals surface area (Å²) in [6.45, 7) is 2.45. The minimum atomic E-state index is -0.299. The topological polar surface area (TPSA) is 52.6 Å². The van der Waals surface area contributed by atoms with Crippen LogP contribution in [0.15, 0.2) is 0 Å². The van der Waals surface area contributed by atoms with E-state index in [1.54, 1.807) is 14.1 Å². The number of urea groups is 1. The largest absolute Gasteiger partial charge is 0.393 e. The highest BCUT2D eigenvalue weighted by Gasteiger charge is 2.03. The van der Waals surface area contributed by atoms with Crippen LogP contribution in [0.25, 0.3) is 0 Å². The van der Waals surface area contributed by atoms with Crippen LogP contribution in [0.3, 0.4) is 0 Å². The van der Waals surface area contributed by atoms with Crippen molar-refractivity contribution >= 4 is 6.03 Å². The molecule has 0 aliphatic heterocycles. The second-order valence-electron chi connectivity index (χ2n) is 2.98. The molecule has 4 nitrogen and oxygen atoms in total. The molecule has 0 saturated carbocycles. The number of hydrogen-bond donors (Lipinski definition) is 2. The molecule has 0 fully saturated rings. The zero-order valence-electron chi connectivity index (χ0n) is 8.00. The lowest BCUT2D eigenvalue weighted by atomic mass is 10.2. The van der Waals surface area contributed by atoms with Gasteiger partial charge in [-0.05, 0) is 12.8 Å². The molecule has 0 aliphatic carbocycles. The fourth-order valence-electron chi connectivity index (χ4n) is 0.708. The van der Waals surface area contributed by atoms with E-state index in [0.717, 1.165) is 6.42 Å². The van der Waals surface area contributed by atoms with E-state index in [1.807, 2.05) is 6.92 Å². The minimum absolute atomic E-state index is 0.113. The number of amides is 2. The van der Waals surface area contributed by atoms with Crippen LogP contribution in [0.5, 0.6) is 0 Å². The first-order valence-corrected chi connectivity index (χ1v) is 4.21. The van der Waals surface area contributed by atoms with E-state index < -0.39 is 0 Å². The van der Waals surface area contributed by atoms with Crippen LogP contribution >= 0.6 is 0 Å². The zero-order valence-corrected chi connectivity index (χ0v) is 8.00. The minimum Gasteiger partial charge on any atom is -0.393 e. The molecule has 0 aromatic rings. The number of carbonyl (C=O) groups excluding carboxylic acids is 1. The van der Waals surface area contributed by atoms with E-state index in [-0.39, 0.29) is 12.1 Å². The van der Waals surface area contributed by atoms with Crippen LogP contribution in [-0.4, -0.2) is 42.8 Å². The van der Waals surface area contributed by atoms with E-state index >= 15 is 0 Å². The van der Waals surface area contributed by atoms with Crippen molar-refractivity contribution in [3.8, 4) is 0 Å². The van der Waals surface area contributed by atoms with Gasteiger partial charge in [0, 0.05) is 20.6 Å². The maximum atomic E-state index is 10.9. The van der Waals surface area contributed by atoms with Crippen LogP contribution in [0, 0.1) is 0 Å². The lowest BCUT2D eigenvalue weighted by Crippen LogP contribution is -2.35. The average Bonchev–Trinajstić information content (AvgIpc) is 2.03. The molecular formula is C8H18N2O2. The van der Waals surface area contributed by atoms with Gasteiger partial charge in [0.25, 0.3) is 0 Å². The van der Waals surface area contributed by atoms with Gasteiger partial charge >= 0.3 is 6.03 Å². The molecule has 1 unspecified atom stereocenters. The first-order valence-electron chi connectivity index (χ1n) is 4.21. The molecule has 0 aromatic carbocycles. The van der Waals surface area contributed by atoms with E-state index in [4.69, 9.17) is 5.11 Å². The SMILES string of the molecule is CCC(O)CCNC(=O)N(C)C. The summed E-state index contributed by atoms with van der Waals surface area (Å²) in [5.74, 6) is 0. The second kappa shape index (κ2) is 5.83. The normalized spacial score (nSPS) is 12.3. The Morgan fingerprint density at radius 2 is 2.17 bits per heavy atom. The number of hydrogen-bond acceptors (Lipinski definition) is 2. The lowest BCUT2D eigenvalue weighted by molar-refractivity contribution is 0.158. The van der Waals surface area contributed by atoms with E-state index in [0.29, 0.717) is 13.0 Å². The number of nitrogens with one attached hydrogen (secondary N) is 1. The molecule has 12 heavy (non-hydrogen) atoms. The van der Waals surface area contributed by atoms with Gasteiger partial charge in [-0.25, -0.2) is 4.79 Å². The van der Waals surface area contributed by atoms with Crippen molar-refractivity contribution in [3.05, 3.63) is 0 Å². The van der Waals surface area contributed by atoms with Gasteiger partial charge < -0.3 is 15.3 Å². The molecule has 0 aliphatic rings. The summed E-state index contributed by atoms with van der Waals surface area (Å²) in [7, 11) is 3.37. The van der Waals surface area contributed by atoms with Crippen molar-refractivity contribution in [2.24, 2.45) is 0 Å². The maximum Gasteiger partial charge on any atom is 0.316 e. The molecule has 0 saturated heterocycles. The summed E-state index contributed by atoms with van der Waals surface area (Å²) < 4.78 is 0. The molecule has 72 valence electrons. The maximum absolute atomic E-state index is 10.9. The molecule has 0 aromatic heterocycles. The van der Waals surface area contributed by atoms with Gasteiger partial charge in [0.05, 0.1) is 6.10 Å². The smallest absolute Gasteiger partial charge is 0.316 e. The molecule has 0 heterocycles. The number of rotatable bonds is 4. The van der Waals surface area contributed by atoms with Gasteiger partial charge in [0.2, 0.25) is 0 Å². The summed E-state index contributed by atoms with van der Waals surface area (Å²) in [6, 6.07) is -0.113. The van der Waals surface area contributed by atoms with E-state index in [2.05, 4.69) is 5.32 Å². The fraction of sp³-hybridized carbons (Fsp3) is 0.875. The average molecular weight is 174 g/mol. The predicted molar refractivity (Wildman–Crippen MR) is 48.0 cm³/mol. The Morgan fingerprint density at radius 1 is 1.58 bits per heavy atom. The van der Waals surface area contributed by atoms with Crippen molar-refractivity contribution in [1.29, 1.82) is 0 Å². The van der Waals surface area contributed by atoms with Gasteiger partial charge in [0.1, 0.15) is 0 Å². The van der Waals surface area contributed by atoms with E-state index in [9.17, 15) is 4.79 Å². The number of carbonyl (C=O) groups is 1. The Labute approximate surface area is 73.6 Å². The van der Waals surface area contributed by atoms with Crippen LogP contribution < -0.4 is 5.32 Å². The lowest BCUT2D eigenvalue weighted by Gasteiger charge is -2.13. The Morgan fingerprint density at radius 3 is 2.58 bits per heavy atom. The number of nitrogens with zero attached hydrogens (tertiary/aromatic N) is 1. The van der Waals surface area contributed by atoms with E-state index in [1.165, 1.54) is 4.90 Å². The molecule has 0 bridgehead atoms. The summed E-state index contributed by atoms with van der Waals surface area (Å²) in [6.07, 6.45) is 1.06. The zero-order chi connectivity index (χ0) is 9.56. The van der Waals surface area contributed by atoms with Crippen LogP contribution in [-0.2, 0) is 0 Å². The van der Waals surface area contributed by atoms with Gasteiger partial charge in [-0.1, -0.05) is 6.92 Å². The summed E-state index contributed by atoms with van der Waals surface area (Å²) in [5.41, 5.74) is 0. The Kier molecular flexibility index (Phi) is 5.45. The highest BCUT2D eigenvalue weighted by Crippen LogP contribution is 1.94. The van der Waals surface area contributed by atoms with Crippen molar-refractivity contribution in [2.75, 3.05) is 20.6 Å². The monoisotopic (exact) mass is 174 g/mol. The van der Waals surface area contributed by atoms with Crippen molar-refractivity contribution in [3.63, 3.8) is 0 Å². The molecule has 1 atom stereocenters. The fourth-order valence-corrected chi connectivity index (χ4v) is 0.708. The number of aliphatic hydroxyl groups is 1. The molecule has 4 heteroatoms. The molecule has 0 rings (SSSR count). The standard InChI is InChI=1S/C8H18N2O2/c1-4-7(11)5-6-9-8(12)10(2)3/h7,11H,4-6H2,1-3H3,(H,9,12). The predicted octanol–water partition coefficient (Wildman–Crippen LogP) is 0.419. The highest BCUT2D eigenvalue weighted by molar-refractivity contribution is 5.73. The van der Waals surface area contributed by atoms with Crippen molar-refractivity contribution in [2.45, 2.75) is 25.9 Å². The summed E-state index contributed by atoms with van der Waals surface area (Å²) >= 11 is 0.